The van der Waals surface area contributed by atoms with Crippen molar-refractivity contribution in [1.82, 2.24) is 19.9 Å². The lowest BCUT2D eigenvalue weighted by Gasteiger charge is -2.10. The van der Waals surface area contributed by atoms with Gasteiger partial charge in [-0.25, -0.2) is 9.97 Å². The number of nitrogens with zero attached hydrogens (tertiary/aromatic N) is 4. The van der Waals surface area contributed by atoms with E-state index in [1.807, 2.05) is 24.3 Å². The maximum Gasteiger partial charge on any atom is 0.255 e. The Labute approximate surface area is 193 Å². The van der Waals surface area contributed by atoms with E-state index in [-0.39, 0.29) is 11.7 Å². The van der Waals surface area contributed by atoms with Crippen molar-refractivity contribution in [2.45, 2.75) is 6.92 Å². The summed E-state index contributed by atoms with van der Waals surface area (Å²) < 4.78 is 0. The Hall–Kier alpha value is -4.78. The molecule has 3 aromatic heterocycles. The number of carbonyl (C=O) groups is 2. The van der Waals surface area contributed by atoms with Gasteiger partial charge in [0.05, 0.1) is 33.1 Å². The van der Waals surface area contributed by atoms with E-state index >= 15 is 0 Å². The van der Waals surface area contributed by atoms with Crippen LogP contribution < -0.4 is 5.32 Å². The molecule has 0 aliphatic carbocycles. The van der Waals surface area contributed by atoms with E-state index in [2.05, 4.69) is 15.3 Å². The van der Waals surface area contributed by atoms with Crippen LogP contribution in [0.25, 0.3) is 43.9 Å². The van der Waals surface area contributed by atoms with Gasteiger partial charge < -0.3 is 5.32 Å². The summed E-state index contributed by atoms with van der Waals surface area (Å²) in [6, 6.07) is 19.7. The van der Waals surface area contributed by atoms with Crippen molar-refractivity contribution >= 4 is 61.3 Å². The minimum Gasteiger partial charge on any atom is -0.322 e. The van der Waals surface area contributed by atoms with Crippen molar-refractivity contribution in [3.05, 3.63) is 90.3 Å². The first-order valence-electron chi connectivity index (χ1n) is 10.7. The maximum atomic E-state index is 12.9. The largest absolute Gasteiger partial charge is 0.322 e. The Kier molecular flexibility index (Phi) is 4.48. The molecule has 1 N–H and O–H groups in total. The van der Waals surface area contributed by atoms with E-state index in [1.165, 1.54) is 6.92 Å². The van der Waals surface area contributed by atoms with Gasteiger partial charge >= 0.3 is 0 Å². The number of ketones is 1. The highest BCUT2D eigenvalue weighted by atomic mass is 16.1. The molecule has 162 valence electrons. The van der Waals surface area contributed by atoms with Crippen molar-refractivity contribution in [3.63, 3.8) is 0 Å². The fourth-order valence-electron chi connectivity index (χ4n) is 4.13. The molecule has 0 unspecified atom stereocenters. The highest BCUT2D eigenvalue weighted by molar-refractivity contribution is 6.21. The molecule has 0 aliphatic rings. The van der Waals surface area contributed by atoms with Gasteiger partial charge in [-0.3, -0.25) is 19.6 Å². The first-order chi connectivity index (χ1) is 16.6. The molecule has 0 spiro atoms. The van der Waals surface area contributed by atoms with Crippen LogP contribution >= 0.6 is 0 Å². The number of amides is 1. The molecule has 3 heterocycles. The molecule has 3 aromatic carbocycles. The number of fused-ring (bicyclic) bond motifs is 7. The highest BCUT2D eigenvalue weighted by Crippen LogP contribution is 2.31. The Morgan fingerprint density at radius 3 is 1.88 bits per heavy atom. The monoisotopic (exact) mass is 443 g/mol. The summed E-state index contributed by atoms with van der Waals surface area (Å²) in [5.74, 6) is -0.293. The van der Waals surface area contributed by atoms with Crippen molar-refractivity contribution in [3.8, 4) is 0 Å². The molecule has 34 heavy (non-hydrogen) atoms. The zero-order chi connectivity index (χ0) is 23.2. The van der Waals surface area contributed by atoms with E-state index in [1.54, 1.807) is 54.9 Å². The second kappa shape index (κ2) is 7.67. The van der Waals surface area contributed by atoms with E-state index < -0.39 is 0 Å². The van der Waals surface area contributed by atoms with Crippen LogP contribution in [-0.2, 0) is 0 Å². The summed E-state index contributed by atoms with van der Waals surface area (Å²) >= 11 is 0. The Bertz CT molecular complexity index is 1780. The van der Waals surface area contributed by atoms with Gasteiger partial charge in [0.2, 0.25) is 0 Å². The number of anilines is 1. The molecule has 0 fully saturated rings. The summed E-state index contributed by atoms with van der Waals surface area (Å²) in [6.07, 6.45) is 3.48. The summed E-state index contributed by atoms with van der Waals surface area (Å²) in [6.45, 7) is 1.51. The van der Waals surface area contributed by atoms with Gasteiger partial charge in [0.1, 0.15) is 0 Å². The molecule has 0 radical (unpaired) electrons. The van der Waals surface area contributed by atoms with E-state index in [4.69, 9.17) is 9.97 Å². The average molecular weight is 443 g/mol. The molecular weight excluding hydrogens is 426 g/mol. The van der Waals surface area contributed by atoms with Crippen LogP contribution in [0.2, 0.25) is 0 Å². The topological polar surface area (TPSA) is 97.7 Å². The minimum absolute atomic E-state index is 0.0236. The second-order valence-corrected chi connectivity index (χ2v) is 8.01. The molecule has 0 saturated heterocycles. The van der Waals surface area contributed by atoms with Crippen molar-refractivity contribution < 1.29 is 9.59 Å². The minimum atomic E-state index is -0.270. The Morgan fingerprint density at radius 1 is 0.676 bits per heavy atom. The predicted octanol–water partition coefficient (Wildman–Crippen LogP) is 5.33. The van der Waals surface area contributed by atoms with Crippen LogP contribution in [0.1, 0.15) is 27.6 Å². The molecule has 6 aromatic rings. The fraction of sp³-hybridized carbons (Fsp3) is 0.0370. The third-order valence-electron chi connectivity index (χ3n) is 5.83. The number of rotatable bonds is 3. The van der Waals surface area contributed by atoms with Gasteiger partial charge in [-0.1, -0.05) is 0 Å². The second-order valence-electron chi connectivity index (χ2n) is 8.01. The SMILES string of the molecule is CC(=O)c1ccc(NC(=O)c2ccc3nc4c5cccnc5c5ncccc5c4nc3c2)cc1. The number of hydrogen-bond acceptors (Lipinski definition) is 6. The van der Waals surface area contributed by atoms with Crippen LogP contribution in [0.5, 0.6) is 0 Å². The van der Waals surface area contributed by atoms with Crippen molar-refractivity contribution in [1.29, 1.82) is 0 Å². The van der Waals surface area contributed by atoms with Crippen LogP contribution in [0.15, 0.2) is 79.1 Å². The first kappa shape index (κ1) is 19.9. The van der Waals surface area contributed by atoms with E-state index in [0.717, 1.165) is 27.3 Å². The molecule has 0 atom stereocenters. The average Bonchev–Trinajstić information content (AvgIpc) is 2.88. The molecule has 0 bridgehead atoms. The molecule has 0 saturated carbocycles. The maximum absolute atomic E-state index is 12.9. The molecule has 7 nitrogen and oxygen atoms in total. The van der Waals surface area contributed by atoms with Gasteiger partial charge in [0, 0.05) is 40.0 Å². The van der Waals surface area contributed by atoms with E-state index in [0.29, 0.717) is 33.4 Å². The number of hydrogen-bond donors (Lipinski definition) is 1. The van der Waals surface area contributed by atoms with Crippen LogP contribution in [0.3, 0.4) is 0 Å². The predicted molar refractivity (Wildman–Crippen MR) is 132 cm³/mol. The number of pyridine rings is 2. The number of carbonyl (C=O) groups excluding carboxylic acids is 2. The normalized spacial score (nSPS) is 11.3. The zero-order valence-corrected chi connectivity index (χ0v) is 18.1. The van der Waals surface area contributed by atoms with E-state index in [9.17, 15) is 9.59 Å². The summed E-state index contributed by atoms with van der Waals surface area (Å²) in [5.41, 5.74) is 5.97. The summed E-state index contributed by atoms with van der Waals surface area (Å²) in [5, 5.41) is 4.61. The molecule has 1 amide bonds. The molecule has 0 aliphatic heterocycles. The zero-order valence-electron chi connectivity index (χ0n) is 18.1. The summed E-state index contributed by atoms with van der Waals surface area (Å²) in [4.78, 5) is 43.2. The lowest BCUT2D eigenvalue weighted by Crippen LogP contribution is -2.12. The Morgan fingerprint density at radius 2 is 1.26 bits per heavy atom. The third kappa shape index (κ3) is 3.22. The molecule has 6 rings (SSSR count). The number of aromatic nitrogens is 4. The van der Waals surface area contributed by atoms with Gasteiger partial charge in [-0.05, 0) is 73.7 Å². The standard InChI is InChI=1S/C27H17N5O2/c1-15(33)16-6-9-18(10-7-16)30-27(34)17-8-11-21-22(14-17)32-26-20-5-3-13-29-24(20)23-19(25(26)31-21)4-2-12-28-23/h2-14H,1H3,(H,30,34). The van der Waals surface area contributed by atoms with Gasteiger partial charge in [0.25, 0.3) is 5.91 Å². The van der Waals surface area contributed by atoms with Gasteiger partial charge in [-0.15, -0.1) is 0 Å². The fourth-order valence-corrected chi connectivity index (χ4v) is 4.13. The van der Waals surface area contributed by atoms with Crippen molar-refractivity contribution in [2.24, 2.45) is 0 Å². The quantitative estimate of drug-likeness (QED) is 0.225. The number of benzene rings is 3. The first-order valence-corrected chi connectivity index (χ1v) is 10.7. The van der Waals surface area contributed by atoms with Gasteiger partial charge in [0.15, 0.2) is 5.78 Å². The van der Waals surface area contributed by atoms with Crippen LogP contribution in [0.4, 0.5) is 5.69 Å². The lowest BCUT2D eigenvalue weighted by atomic mass is 10.1. The van der Waals surface area contributed by atoms with Crippen molar-refractivity contribution in [2.75, 3.05) is 5.32 Å². The third-order valence-corrected chi connectivity index (χ3v) is 5.83. The van der Waals surface area contributed by atoms with Crippen LogP contribution in [0, 0.1) is 0 Å². The van der Waals surface area contributed by atoms with Crippen LogP contribution in [-0.4, -0.2) is 31.6 Å². The molecular formula is C27H17N5O2. The highest BCUT2D eigenvalue weighted by Gasteiger charge is 2.15. The smallest absolute Gasteiger partial charge is 0.255 e. The number of Topliss-reactive ketones (excluding diaryl/α,β-unsaturated/α-hetero) is 1. The lowest BCUT2D eigenvalue weighted by molar-refractivity contribution is 0.101. The molecule has 7 heteroatoms. The number of nitrogens with one attached hydrogen (secondary N) is 1. The Balaban J connectivity index is 1.47. The van der Waals surface area contributed by atoms with Gasteiger partial charge in [-0.2, -0.15) is 0 Å². The summed E-state index contributed by atoms with van der Waals surface area (Å²) in [7, 11) is 0.